The highest BCUT2D eigenvalue weighted by molar-refractivity contribution is 7.92. The average molecular weight is 452 g/mol. The minimum Gasteiger partial charge on any atom is -0.355 e. The van der Waals surface area contributed by atoms with E-state index in [1.807, 2.05) is 12.1 Å². The second kappa shape index (κ2) is 9.35. The molecule has 0 unspecified atom stereocenters. The Balaban J connectivity index is 1.43. The van der Waals surface area contributed by atoms with Crippen LogP contribution in [0.1, 0.15) is 26.2 Å². The summed E-state index contributed by atoms with van der Waals surface area (Å²) in [7, 11) is -3.75. The molecule has 166 valence electrons. The fourth-order valence-corrected chi connectivity index (χ4v) is 4.54. The van der Waals surface area contributed by atoms with Crippen molar-refractivity contribution in [2.45, 2.75) is 31.1 Å². The number of anilines is 3. The zero-order valence-electron chi connectivity index (χ0n) is 17.8. The highest BCUT2D eigenvalue weighted by Gasteiger charge is 2.16. The number of carbonyl (C=O) groups excluding carboxylic acids is 1. The van der Waals surface area contributed by atoms with E-state index in [1.165, 1.54) is 25.0 Å². The Morgan fingerprint density at radius 3 is 2.16 bits per heavy atom. The van der Waals surface area contributed by atoms with Crippen LogP contribution in [0.5, 0.6) is 0 Å². The molecule has 0 saturated carbocycles. The van der Waals surface area contributed by atoms with Crippen molar-refractivity contribution in [3.8, 4) is 11.3 Å². The van der Waals surface area contributed by atoms with Crippen molar-refractivity contribution in [3.63, 3.8) is 0 Å². The first kappa shape index (κ1) is 21.8. The molecule has 2 N–H and O–H groups in total. The maximum atomic E-state index is 12.7. The summed E-state index contributed by atoms with van der Waals surface area (Å²) < 4.78 is 27.9. The van der Waals surface area contributed by atoms with Gasteiger partial charge in [0.05, 0.1) is 10.6 Å². The number of nitrogens with one attached hydrogen (secondary N) is 2. The van der Waals surface area contributed by atoms with Gasteiger partial charge in [-0.2, -0.15) is 0 Å². The van der Waals surface area contributed by atoms with Crippen LogP contribution < -0.4 is 14.9 Å². The van der Waals surface area contributed by atoms with E-state index in [2.05, 4.69) is 25.1 Å². The summed E-state index contributed by atoms with van der Waals surface area (Å²) in [4.78, 5) is 13.8. The highest BCUT2D eigenvalue weighted by Crippen LogP contribution is 2.24. The van der Waals surface area contributed by atoms with Crippen molar-refractivity contribution >= 4 is 33.1 Å². The first-order valence-corrected chi connectivity index (χ1v) is 12.0. The topological polar surface area (TPSA) is 104 Å². The van der Waals surface area contributed by atoms with Gasteiger partial charge in [0, 0.05) is 36.4 Å². The van der Waals surface area contributed by atoms with E-state index in [1.54, 1.807) is 43.3 Å². The van der Waals surface area contributed by atoms with Crippen LogP contribution in [0.25, 0.3) is 11.3 Å². The molecule has 1 aliphatic rings. The predicted octanol–water partition coefficient (Wildman–Crippen LogP) is 3.89. The fraction of sp³-hybridized carbons (Fsp3) is 0.261. The van der Waals surface area contributed by atoms with Gasteiger partial charge in [-0.25, -0.2) is 8.42 Å². The number of nitrogens with zero attached hydrogens (tertiary/aromatic N) is 3. The minimum atomic E-state index is -3.75. The van der Waals surface area contributed by atoms with E-state index >= 15 is 0 Å². The van der Waals surface area contributed by atoms with E-state index in [4.69, 9.17) is 0 Å². The van der Waals surface area contributed by atoms with Crippen LogP contribution in [-0.4, -0.2) is 37.6 Å². The zero-order valence-corrected chi connectivity index (χ0v) is 18.6. The van der Waals surface area contributed by atoms with Crippen LogP contribution in [-0.2, 0) is 14.8 Å². The predicted molar refractivity (Wildman–Crippen MR) is 125 cm³/mol. The molecule has 2 heterocycles. The lowest BCUT2D eigenvalue weighted by atomic mass is 10.1. The molecule has 0 radical (unpaired) electrons. The number of sulfonamides is 1. The van der Waals surface area contributed by atoms with Gasteiger partial charge < -0.3 is 10.2 Å². The quantitative estimate of drug-likeness (QED) is 0.565. The number of benzene rings is 2. The Bertz CT molecular complexity index is 1170. The van der Waals surface area contributed by atoms with Gasteiger partial charge >= 0.3 is 0 Å². The summed E-state index contributed by atoms with van der Waals surface area (Å²) >= 11 is 0. The third-order valence-electron chi connectivity index (χ3n) is 5.28. The molecule has 1 aromatic heterocycles. The van der Waals surface area contributed by atoms with Crippen LogP contribution in [0.15, 0.2) is 65.6 Å². The van der Waals surface area contributed by atoms with E-state index in [9.17, 15) is 13.2 Å². The van der Waals surface area contributed by atoms with Crippen molar-refractivity contribution < 1.29 is 13.2 Å². The average Bonchev–Trinajstić information content (AvgIpc) is 3.35. The monoisotopic (exact) mass is 451 g/mol. The van der Waals surface area contributed by atoms with E-state index in [0.717, 1.165) is 30.2 Å². The van der Waals surface area contributed by atoms with Gasteiger partial charge in [-0.3, -0.25) is 9.52 Å². The molecule has 1 fully saturated rings. The lowest BCUT2D eigenvalue weighted by Crippen LogP contribution is -2.19. The lowest BCUT2D eigenvalue weighted by Gasteiger charge is -2.15. The Morgan fingerprint density at radius 2 is 1.56 bits per heavy atom. The number of hydrogen-bond acceptors (Lipinski definition) is 6. The van der Waals surface area contributed by atoms with Gasteiger partial charge in [0.25, 0.3) is 10.0 Å². The first-order valence-electron chi connectivity index (χ1n) is 10.6. The molecular weight excluding hydrogens is 426 g/mol. The third kappa shape index (κ3) is 5.05. The molecule has 0 aliphatic carbocycles. The van der Waals surface area contributed by atoms with Crippen molar-refractivity contribution in [2.24, 2.45) is 0 Å². The molecule has 1 aliphatic heterocycles. The Kier molecular flexibility index (Phi) is 6.36. The molecule has 3 aromatic rings. The van der Waals surface area contributed by atoms with Gasteiger partial charge in [0.2, 0.25) is 5.91 Å². The van der Waals surface area contributed by atoms with Crippen LogP contribution in [0, 0.1) is 0 Å². The highest BCUT2D eigenvalue weighted by atomic mass is 32.2. The third-order valence-corrected chi connectivity index (χ3v) is 6.68. The molecule has 0 spiro atoms. The first-order chi connectivity index (χ1) is 15.4. The SMILES string of the molecule is CCC(=O)Nc1ccc(S(=O)(=O)Nc2ccc(-c3ccc(N4CCCC4)nn3)cc2)cc1. The molecule has 1 amide bonds. The van der Waals surface area contributed by atoms with Crippen molar-refractivity contribution in [2.75, 3.05) is 28.0 Å². The van der Waals surface area contributed by atoms with Gasteiger partial charge in [0.1, 0.15) is 0 Å². The summed E-state index contributed by atoms with van der Waals surface area (Å²) in [6.07, 6.45) is 2.71. The molecule has 0 atom stereocenters. The molecule has 8 nitrogen and oxygen atoms in total. The van der Waals surface area contributed by atoms with Gasteiger partial charge in [0.15, 0.2) is 5.82 Å². The van der Waals surface area contributed by atoms with Crippen LogP contribution in [0.4, 0.5) is 17.2 Å². The van der Waals surface area contributed by atoms with Gasteiger partial charge in [-0.15, -0.1) is 10.2 Å². The smallest absolute Gasteiger partial charge is 0.261 e. The largest absolute Gasteiger partial charge is 0.355 e. The number of rotatable bonds is 7. The molecule has 9 heteroatoms. The number of amides is 1. The lowest BCUT2D eigenvalue weighted by molar-refractivity contribution is -0.115. The molecule has 2 aromatic carbocycles. The van der Waals surface area contributed by atoms with E-state index in [-0.39, 0.29) is 10.8 Å². The van der Waals surface area contributed by atoms with Crippen LogP contribution in [0.2, 0.25) is 0 Å². The Labute approximate surface area is 187 Å². The van der Waals surface area contributed by atoms with Gasteiger partial charge in [-0.05, 0) is 61.4 Å². The number of aromatic nitrogens is 2. The molecule has 0 bridgehead atoms. The van der Waals surface area contributed by atoms with Gasteiger partial charge in [-0.1, -0.05) is 19.1 Å². The second-order valence-electron chi connectivity index (χ2n) is 7.58. The fourth-order valence-electron chi connectivity index (χ4n) is 3.48. The standard InChI is InChI=1S/C23H25N5O3S/c1-2-23(29)24-18-9-11-20(12-10-18)32(30,31)27-19-7-5-17(6-8-19)21-13-14-22(26-25-21)28-15-3-4-16-28/h5-14,27H,2-4,15-16H2,1H3,(H,24,29). The maximum absolute atomic E-state index is 12.7. The van der Waals surface area contributed by atoms with Crippen LogP contribution >= 0.6 is 0 Å². The molecule has 4 rings (SSSR count). The number of carbonyl (C=O) groups is 1. The number of hydrogen-bond donors (Lipinski definition) is 2. The minimum absolute atomic E-state index is 0.111. The van der Waals surface area contributed by atoms with Crippen LogP contribution in [0.3, 0.4) is 0 Å². The Hall–Kier alpha value is -3.46. The maximum Gasteiger partial charge on any atom is 0.261 e. The Morgan fingerprint density at radius 1 is 0.906 bits per heavy atom. The summed E-state index contributed by atoms with van der Waals surface area (Å²) in [5.41, 5.74) is 2.58. The normalized spacial score (nSPS) is 13.7. The summed E-state index contributed by atoms with van der Waals surface area (Å²) in [5, 5.41) is 11.3. The van der Waals surface area contributed by atoms with Crippen molar-refractivity contribution in [3.05, 3.63) is 60.7 Å². The zero-order chi connectivity index (χ0) is 22.6. The summed E-state index contributed by atoms with van der Waals surface area (Å²) in [6, 6.07) is 16.9. The molecule has 32 heavy (non-hydrogen) atoms. The summed E-state index contributed by atoms with van der Waals surface area (Å²) in [6.45, 7) is 3.78. The molecule has 1 saturated heterocycles. The van der Waals surface area contributed by atoms with Crippen molar-refractivity contribution in [1.82, 2.24) is 10.2 Å². The molecular formula is C23H25N5O3S. The second-order valence-corrected chi connectivity index (χ2v) is 9.26. The van der Waals surface area contributed by atoms with Crippen molar-refractivity contribution in [1.29, 1.82) is 0 Å². The van der Waals surface area contributed by atoms with E-state index < -0.39 is 10.0 Å². The summed E-state index contributed by atoms with van der Waals surface area (Å²) in [5.74, 6) is 0.755. The van der Waals surface area contributed by atoms with E-state index in [0.29, 0.717) is 17.8 Å².